The number of ether oxygens (including phenoxy) is 1. The van der Waals surface area contributed by atoms with Gasteiger partial charge in [0.2, 0.25) is 0 Å². The number of nitrogens with zero attached hydrogens (tertiary/aromatic N) is 1. The van der Waals surface area contributed by atoms with Crippen molar-refractivity contribution in [2.45, 2.75) is 52.5 Å². The van der Waals surface area contributed by atoms with Crippen molar-refractivity contribution in [1.29, 1.82) is 0 Å². The van der Waals surface area contributed by atoms with Gasteiger partial charge in [-0.3, -0.25) is 4.79 Å². The Morgan fingerprint density at radius 2 is 2.00 bits per heavy atom. The van der Waals surface area contributed by atoms with Crippen molar-refractivity contribution < 1.29 is 9.53 Å². The van der Waals surface area contributed by atoms with E-state index < -0.39 is 0 Å². The molecule has 1 fully saturated rings. The van der Waals surface area contributed by atoms with Crippen LogP contribution in [0.25, 0.3) is 0 Å². The molecule has 94 valence electrons. The van der Waals surface area contributed by atoms with Gasteiger partial charge >= 0.3 is 5.97 Å². The minimum Gasteiger partial charge on any atom is -0.466 e. The molecule has 0 N–H and O–H groups in total. The predicted octanol–water partition coefficient (Wildman–Crippen LogP) is 2.45. The Kier molecular flexibility index (Phi) is 5.81. The van der Waals surface area contributed by atoms with E-state index >= 15 is 0 Å². The number of rotatable bonds is 5. The Labute approximate surface area is 99.1 Å². The van der Waals surface area contributed by atoms with Crippen LogP contribution in [0, 0.1) is 5.92 Å². The molecule has 0 aromatic heterocycles. The van der Waals surface area contributed by atoms with E-state index in [1.807, 2.05) is 6.92 Å². The lowest BCUT2D eigenvalue weighted by atomic mass is 9.95. The number of esters is 1. The molecule has 1 aliphatic heterocycles. The first-order valence-electron chi connectivity index (χ1n) is 6.59. The summed E-state index contributed by atoms with van der Waals surface area (Å²) in [6, 6.07) is 0.660. The largest absolute Gasteiger partial charge is 0.466 e. The van der Waals surface area contributed by atoms with Crippen LogP contribution >= 0.6 is 0 Å². The van der Waals surface area contributed by atoms with E-state index in [9.17, 15) is 4.79 Å². The minimum atomic E-state index is 0.00490. The summed E-state index contributed by atoms with van der Waals surface area (Å²) in [5.41, 5.74) is 0. The van der Waals surface area contributed by atoms with Gasteiger partial charge in [0, 0.05) is 6.04 Å². The third-order valence-electron chi connectivity index (χ3n) is 3.48. The summed E-state index contributed by atoms with van der Waals surface area (Å²) in [4.78, 5) is 14.1. The summed E-state index contributed by atoms with van der Waals surface area (Å²) in [6.07, 6.45) is 4.42. The fourth-order valence-corrected chi connectivity index (χ4v) is 2.44. The number of hydrogen-bond acceptors (Lipinski definition) is 3. The van der Waals surface area contributed by atoms with Crippen molar-refractivity contribution in [1.82, 2.24) is 4.90 Å². The van der Waals surface area contributed by atoms with Crippen LogP contribution in [0.3, 0.4) is 0 Å². The number of carbonyl (C=O) groups is 1. The third-order valence-corrected chi connectivity index (χ3v) is 3.48. The maximum atomic E-state index is 11.6. The molecule has 0 aromatic rings. The predicted molar refractivity (Wildman–Crippen MR) is 65.3 cm³/mol. The highest BCUT2D eigenvalue weighted by molar-refractivity contribution is 5.72. The molecule has 1 saturated heterocycles. The van der Waals surface area contributed by atoms with Gasteiger partial charge in [-0.05, 0) is 46.2 Å². The quantitative estimate of drug-likeness (QED) is 0.676. The molecule has 1 aliphatic rings. The van der Waals surface area contributed by atoms with Crippen molar-refractivity contribution in [2.24, 2.45) is 5.92 Å². The third kappa shape index (κ3) is 3.78. The van der Waals surface area contributed by atoms with Gasteiger partial charge in [-0.25, -0.2) is 0 Å². The summed E-state index contributed by atoms with van der Waals surface area (Å²) >= 11 is 0. The Balaban J connectivity index is 2.30. The van der Waals surface area contributed by atoms with Gasteiger partial charge in [-0.15, -0.1) is 0 Å². The standard InChI is InChI=1S/C13H25NO2/c1-4-6-11(3)14-9-7-12(8-10-14)13(15)16-5-2/h11-12H,4-10H2,1-3H3. The van der Waals surface area contributed by atoms with Crippen molar-refractivity contribution in [2.75, 3.05) is 19.7 Å². The van der Waals surface area contributed by atoms with Crippen LogP contribution in [-0.4, -0.2) is 36.6 Å². The second-order valence-corrected chi connectivity index (χ2v) is 4.70. The smallest absolute Gasteiger partial charge is 0.309 e. The molecule has 3 nitrogen and oxygen atoms in total. The molecular formula is C13H25NO2. The molecule has 3 heteroatoms. The van der Waals surface area contributed by atoms with Gasteiger partial charge in [-0.2, -0.15) is 0 Å². The number of hydrogen-bond donors (Lipinski definition) is 0. The van der Waals surface area contributed by atoms with Gasteiger partial charge in [0.15, 0.2) is 0 Å². The lowest BCUT2D eigenvalue weighted by molar-refractivity contribution is -0.149. The molecule has 0 aliphatic carbocycles. The van der Waals surface area contributed by atoms with Crippen molar-refractivity contribution in [3.05, 3.63) is 0 Å². The Bertz CT molecular complexity index is 210. The molecule has 0 spiro atoms. The first kappa shape index (κ1) is 13.5. The van der Waals surface area contributed by atoms with Crippen LogP contribution < -0.4 is 0 Å². The zero-order valence-corrected chi connectivity index (χ0v) is 10.9. The van der Waals surface area contributed by atoms with Crippen LogP contribution in [-0.2, 0) is 9.53 Å². The average molecular weight is 227 g/mol. The molecule has 0 amide bonds. The van der Waals surface area contributed by atoms with Crippen LogP contribution in [0.5, 0.6) is 0 Å². The summed E-state index contributed by atoms with van der Waals surface area (Å²) in [7, 11) is 0. The zero-order chi connectivity index (χ0) is 12.0. The topological polar surface area (TPSA) is 29.5 Å². The second kappa shape index (κ2) is 6.89. The van der Waals surface area contributed by atoms with E-state index in [4.69, 9.17) is 4.74 Å². The van der Waals surface area contributed by atoms with Crippen LogP contribution in [0.15, 0.2) is 0 Å². The van der Waals surface area contributed by atoms with Gasteiger partial charge in [-0.1, -0.05) is 13.3 Å². The molecule has 0 saturated carbocycles. The fraction of sp³-hybridized carbons (Fsp3) is 0.923. The Morgan fingerprint density at radius 1 is 1.38 bits per heavy atom. The van der Waals surface area contributed by atoms with E-state index in [0.29, 0.717) is 12.6 Å². The first-order valence-corrected chi connectivity index (χ1v) is 6.59. The SMILES string of the molecule is CCCC(C)N1CCC(C(=O)OCC)CC1. The van der Waals surface area contributed by atoms with Crippen LogP contribution in [0.4, 0.5) is 0 Å². The monoisotopic (exact) mass is 227 g/mol. The lowest BCUT2D eigenvalue weighted by Crippen LogP contribution is -2.41. The summed E-state index contributed by atoms with van der Waals surface area (Å²) in [5, 5.41) is 0. The molecule has 0 aromatic carbocycles. The van der Waals surface area contributed by atoms with Crippen molar-refractivity contribution >= 4 is 5.97 Å². The molecule has 0 radical (unpaired) electrons. The Hall–Kier alpha value is -0.570. The summed E-state index contributed by atoms with van der Waals surface area (Å²) in [6.45, 7) is 8.98. The maximum absolute atomic E-state index is 11.6. The maximum Gasteiger partial charge on any atom is 0.309 e. The molecule has 16 heavy (non-hydrogen) atoms. The molecule has 1 heterocycles. The normalized spacial score (nSPS) is 20.7. The highest BCUT2D eigenvalue weighted by Gasteiger charge is 2.27. The summed E-state index contributed by atoms with van der Waals surface area (Å²) in [5.74, 6) is 0.148. The van der Waals surface area contributed by atoms with Gasteiger partial charge in [0.05, 0.1) is 12.5 Å². The van der Waals surface area contributed by atoms with E-state index in [1.54, 1.807) is 0 Å². The average Bonchev–Trinajstić information content (AvgIpc) is 2.30. The number of carbonyl (C=O) groups excluding carboxylic acids is 1. The van der Waals surface area contributed by atoms with E-state index in [1.165, 1.54) is 12.8 Å². The first-order chi connectivity index (χ1) is 7.69. The summed E-state index contributed by atoms with van der Waals surface area (Å²) < 4.78 is 5.07. The highest BCUT2D eigenvalue weighted by Crippen LogP contribution is 2.21. The second-order valence-electron chi connectivity index (χ2n) is 4.70. The Morgan fingerprint density at radius 3 is 2.50 bits per heavy atom. The molecule has 1 unspecified atom stereocenters. The lowest BCUT2D eigenvalue weighted by Gasteiger charge is -2.35. The van der Waals surface area contributed by atoms with Crippen molar-refractivity contribution in [3.8, 4) is 0 Å². The number of likely N-dealkylation sites (tertiary alicyclic amines) is 1. The molecular weight excluding hydrogens is 202 g/mol. The number of piperidine rings is 1. The van der Waals surface area contributed by atoms with Crippen molar-refractivity contribution in [3.63, 3.8) is 0 Å². The van der Waals surface area contributed by atoms with Crippen LogP contribution in [0.1, 0.15) is 46.5 Å². The fourth-order valence-electron chi connectivity index (χ4n) is 2.44. The van der Waals surface area contributed by atoms with E-state index in [0.717, 1.165) is 25.9 Å². The minimum absolute atomic E-state index is 0.00490. The highest BCUT2D eigenvalue weighted by atomic mass is 16.5. The van der Waals surface area contributed by atoms with E-state index in [2.05, 4.69) is 18.7 Å². The van der Waals surface area contributed by atoms with E-state index in [-0.39, 0.29) is 11.9 Å². The molecule has 1 atom stereocenters. The molecule has 0 bridgehead atoms. The zero-order valence-electron chi connectivity index (χ0n) is 10.9. The van der Waals surface area contributed by atoms with Gasteiger partial charge < -0.3 is 9.64 Å². The van der Waals surface area contributed by atoms with Gasteiger partial charge in [0.1, 0.15) is 0 Å². The van der Waals surface area contributed by atoms with Gasteiger partial charge in [0.25, 0.3) is 0 Å². The molecule has 1 rings (SSSR count). The van der Waals surface area contributed by atoms with Crippen LogP contribution in [0.2, 0.25) is 0 Å².